The summed E-state index contributed by atoms with van der Waals surface area (Å²) >= 11 is 0. The summed E-state index contributed by atoms with van der Waals surface area (Å²) in [5, 5.41) is 7.00. The number of rotatable bonds is 5. The third-order valence-electron chi connectivity index (χ3n) is 5.39. The first-order valence-corrected chi connectivity index (χ1v) is 10.3. The summed E-state index contributed by atoms with van der Waals surface area (Å²) in [6.45, 7) is 3.41. The van der Waals surface area contributed by atoms with Gasteiger partial charge in [-0.1, -0.05) is 29.8 Å². The van der Waals surface area contributed by atoms with Gasteiger partial charge in [-0.3, -0.25) is 9.69 Å². The summed E-state index contributed by atoms with van der Waals surface area (Å²) in [4.78, 5) is 14.3. The van der Waals surface area contributed by atoms with Crippen LogP contribution in [0.15, 0.2) is 67.0 Å². The molecule has 32 heavy (non-hydrogen) atoms. The Labute approximate surface area is 184 Å². The lowest BCUT2D eigenvalue weighted by Crippen LogP contribution is -2.36. The molecule has 0 unspecified atom stereocenters. The Morgan fingerprint density at radius 3 is 2.62 bits per heavy atom. The number of carbonyl (C=O) groups excluding carboxylic acids is 1. The maximum absolute atomic E-state index is 12.8. The molecule has 1 N–H and O–H groups in total. The van der Waals surface area contributed by atoms with Gasteiger partial charge in [0.1, 0.15) is 0 Å². The Morgan fingerprint density at radius 1 is 1.16 bits per heavy atom. The molecule has 166 valence electrons. The van der Waals surface area contributed by atoms with E-state index in [1.54, 1.807) is 0 Å². The molecule has 0 fully saturated rings. The van der Waals surface area contributed by atoms with Gasteiger partial charge >= 0.3 is 6.18 Å². The molecule has 0 saturated heterocycles. The van der Waals surface area contributed by atoms with Crippen LogP contribution in [0.3, 0.4) is 0 Å². The summed E-state index contributed by atoms with van der Waals surface area (Å²) < 4.78 is 40.3. The van der Waals surface area contributed by atoms with E-state index in [9.17, 15) is 18.0 Å². The van der Waals surface area contributed by atoms with Gasteiger partial charge in [-0.2, -0.15) is 18.3 Å². The third kappa shape index (κ3) is 5.26. The molecule has 0 bridgehead atoms. The van der Waals surface area contributed by atoms with Crippen LogP contribution in [0.4, 0.5) is 18.9 Å². The molecule has 0 saturated carbocycles. The minimum atomic E-state index is -4.44. The molecule has 1 aromatic heterocycles. The number of aromatic nitrogens is 2. The maximum atomic E-state index is 12.8. The van der Waals surface area contributed by atoms with Crippen molar-refractivity contribution >= 4 is 17.2 Å². The average Bonchev–Trinajstić information content (AvgIpc) is 3.24. The zero-order valence-electron chi connectivity index (χ0n) is 17.6. The number of hydrogen-bond acceptors (Lipinski definition) is 3. The number of anilines is 1. The van der Waals surface area contributed by atoms with Crippen LogP contribution in [0.1, 0.15) is 23.1 Å². The van der Waals surface area contributed by atoms with Crippen LogP contribution < -0.4 is 5.32 Å². The lowest BCUT2D eigenvalue weighted by Gasteiger charge is -2.25. The first-order valence-electron chi connectivity index (χ1n) is 10.3. The Hall–Kier alpha value is -3.39. The number of nitrogens with zero attached hydrogens (tertiary/aromatic N) is 3. The number of amides is 1. The van der Waals surface area contributed by atoms with Crippen molar-refractivity contribution in [2.24, 2.45) is 0 Å². The van der Waals surface area contributed by atoms with Gasteiger partial charge in [0.15, 0.2) is 0 Å². The Kier molecular flexibility index (Phi) is 6.14. The molecule has 8 heteroatoms. The standard InChI is InChI=1S/C24H23F3N4O/c1-17-5-7-22(8-6-17)31-15-19(14-28-31)18-9-11-30(12-10-18)16-23(32)29-21-4-2-3-20(13-21)24(25,26)27/h2-9,13-15H,10-12,16H2,1H3,(H,29,32). The highest BCUT2D eigenvalue weighted by Crippen LogP contribution is 2.30. The second-order valence-corrected chi connectivity index (χ2v) is 7.85. The third-order valence-corrected chi connectivity index (χ3v) is 5.39. The van der Waals surface area contributed by atoms with Crippen molar-refractivity contribution in [1.29, 1.82) is 0 Å². The van der Waals surface area contributed by atoms with E-state index in [4.69, 9.17) is 0 Å². The highest BCUT2D eigenvalue weighted by Gasteiger charge is 2.30. The molecule has 1 aliphatic heterocycles. The molecule has 0 radical (unpaired) electrons. The molecule has 1 aliphatic rings. The van der Waals surface area contributed by atoms with Crippen molar-refractivity contribution in [3.63, 3.8) is 0 Å². The van der Waals surface area contributed by atoms with Crippen LogP contribution in [-0.4, -0.2) is 40.2 Å². The minimum absolute atomic E-state index is 0.114. The molecule has 1 amide bonds. The highest BCUT2D eigenvalue weighted by atomic mass is 19.4. The maximum Gasteiger partial charge on any atom is 0.416 e. The van der Waals surface area contributed by atoms with Crippen molar-refractivity contribution in [2.75, 3.05) is 25.0 Å². The first-order chi connectivity index (χ1) is 15.3. The first kappa shape index (κ1) is 21.8. The zero-order valence-corrected chi connectivity index (χ0v) is 17.6. The highest BCUT2D eigenvalue weighted by molar-refractivity contribution is 5.92. The van der Waals surface area contributed by atoms with Gasteiger partial charge in [0, 0.05) is 30.5 Å². The molecular formula is C24H23F3N4O. The number of aryl methyl sites for hydroxylation is 1. The van der Waals surface area contributed by atoms with E-state index >= 15 is 0 Å². The normalized spacial score (nSPS) is 14.8. The fourth-order valence-corrected chi connectivity index (χ4v) is 3.62. The topological polar surface area (TPSA) is 50.2 Å². The summed E-state index contributed by atoms with van der Waals surface area (Å²) in [6, 6.07) is 12.8. The van der Waals surface area contributed by atoms with E-state index in [2.05, 4.69) is 16.5 Å². The molecule has 5 nitrogen and oxygen atoms in total. The van der Waals surface area contributed by atoms with Crippen molar-refractivity contribution in [3.8, 4) is 5.69 Å². The molecule has 0 atom stereocenters. The quantitative estimate of drug-likeness (QED) is 0.612. The Bertz CT molecular complexity index is 1130. The van der Waals surface area contributed by atoms with E-state index in [1.807, 2.05) is 53.2 Å². The summed E-state index contributed by atoms with van der Waals surface area (Å²) in [6.07, 6.45) is 2.21. The molecule has 0 spiro atoms. The van der Waals surface area contributed by atoms with Crippen LogP contribution in [0, 0.1) is 6.92 Å². The van der Waals surface area contributed by atoms with Gasteiger partial charge in [-0.25, -0.2) is 4.68 Å². The van der Waals surface area contributed by atoms with E-state index < -0.39 is 11.7 Å². The molecular weight excluding hydrogens is 417 g/mol. The Balaban J connectivity index is 1.34. The summed E-state index contributed by atoms with van der Waals surface area (Å²) in [5.41, 5.74) is 3.74. The van der Waals surface area contributed by atoms with E-state index in [0.717, 1.165) is 35.4 Å². The predicted molar refractivity (Wildman–Crippen MR) is 117 cm³/mol. The van der Waals surface area contributed by atoms with Crippen molar-refractivity contribution in [2.45, 2.75) is 19.5 Å². The Morgan fingerprint density at radius 2 is 1.94 bits per heavy atom. The van der Waals surface area contributed by atoms with Crippen molar-refractivity contribution in [1.82, 2.24) is 14.7 Å². The molecule has 2 aromatic carbocycles. The molecule has 0 aliphatic carbocycles. The average molecular weight is 440 g/mol. The van der Waals surface area contributed by atoms with Crippen LogP contribution in [0.5, 0.6) is 0 Å². The number of carbonyl (C=O) groups is 1. The number of benzene rings is 2. The van der Waals surface area contributed by atoms with E-state index in [0.29, 0.717) is 13.1 Å². The van der Waals surface area contributed by atoms with Crippen LogP contribution in [0.2, 0.25) is 0 Å². The van der Waals surface area contributed by atoms with Crippen LogP contribution >= 0.6 is 0 Å². The smallest absolute Gasteiger partial charge is 0.325 e. The number of nitrogens with one attached hydrogen (secondary N) is 1. The van der Waals surface area contributed by atoms with E-state index in [1.165, 1.54) is 17.7 Å². The predicted octanol–water partition coefficient (Wildman–Crippen LogP) is 4.93. The molecule has 2 heterocycles. The van der Waals surface area contributed by atoms with Gasteiger partial charge in [0.25, 0.3) is 0 Å². The minimum Gasteiger partial charge on any atom is -0.325 e. The fourth-order valence-electron chi connectivity index (χ4n) is 3.62. The lowest BCUT2D eigenvalue weighted by molar-refractivity contribution is -0.137. The zero-order chi connectivity index (χ0) is 22.7. The largest absolute Gasteiger partial charge is 0.416 e. The van der Waals surface area contributed by atoms with Gasteiger partial charge < -0.3 is 5.32 Å². The van der Waals surface area contributed by atoms with Crippen molar-refractivity contribution < 1.29 is 18.0 Å². The van der Waals surface area contributed by atoms with Gasteiger partial charge in [0.2, 0.25) is 5.91 Å². The van der Waals surface area contributed by atoms with Gasteiger partial charge in [-0.05, 0) is 49.2 Å². The van der Waals surface area contributed by atoms with E-state index in [-0.39, 0.29) is 18.1 Å². The summed E-state index contributed by atoms with van der Waals surface area (Å²) in [7, 11) is 0. The number of alkyl halides is 3. The van der Waals surface area contributed by atoms with Crippen molar-refractivity contribution in [3.05, 3.63) is 83.7 Å². The second kappa shape index (κ2) is 9.00. The molecule has 4 rings (SSSR count). The lowest BCUT2D eigenvalue weighted by atomic mass is 10.0. The monoisotopic (exact) mass is 440 g/mol. The van der Waals surface area contributed by atoms with Crippen LogP contribution in [-0.2, 0) is 11.0 Å². The number of halogens is 3. The SMILES string of the molecule is Cc1ccc(-n2cc(C3=CCN(CC(=O)Nc4cccc(C(F)(F)F)c4)CC3)cn2)cc1. The van der Waals surface area contributed by atoms with Gasteiger partial charge in [-0.15, -0.1) is 0 Å². The summed E-state index contributed by atoms with van der Waals surface area (Å²) in [5.74, 6) is -0.339. The van der Waals surface area contributed by atoms with Crippen LogP contribution in [0.25, 0.3) is 11.3 Å². The number of hydrogen-bond donors (Lipinski definition) is 1. The van der Waals surface area contributed by atoms with Gasteiger partial charge in [0.05, 0.1) is 24.0 Å². The second-order valence-electron chi connectivity index (χ2n) is 7.85. The fraction of sp³-hybridized carbons (Fsp3) is 0.250. The molecule has 3 aromatic rings.